The lowest BCUT2D eigenvalue weighted by Gasteiger charge is -2.11. The fourth-order valence-electron chi connectivity index (χ4n) is 3.04. The van der Waals surface area contributed by atoms with Crippen LogP contribution in [-0.4, -0.2) is 11.0 Å². The largest absolute Gasteiger partial charge is 0.506 e. The number of amides is 1. The number of azo groups is 1. The third-order valence-corrected chi connectivity index (χ3v) is 4.58. The Kier molecular flexibility index (Phi) is 5.03. The van der Waals surface area contributed by atoms with Gasteiger partial charge in [-0.05, 0) is 37.3 Å². The molecule has 0 aliphatic heterocycles. The minimum atomic E-state index is -0.411. The van der Waals surface area contributed by atoms with Gasteiger partial charge < -0.3 is 10.4 Å². The Morgan fingerprint density at radius 2 is 1.48 bits per heavy atom. The standard InChI is InChI=1S/C24H19N3O2/c1-16-11-13-18(14-12-16)26-27-22-15-21(23(28)20-10-6-5-9-19(20)22)24(29)25-17-7-3-2-4-8-17/h2-15,28H,1H3,(H,25,29). The number of carbonyl (C=O) groups is 1. The monoisotopic (exact) mass is 381 g/mol. The first-order chi connectivity index (χ1) is 14.1. The number of para-hydroxylation sites is 1. The second-order valence-electron chi connectivity index (χ2n) is 6.69. The lowest BCUT2D eigenvalue weighted by Crippen LogP contribution is -2.12. The molecule has 2 N–H and O–H groups in total. The minimum Gasteiger partial charge on any atom is -0.506 e. The maximum absolute atomic E-state index is 12.8. The number of nitrogens with one attached hydrogen (secondary N) is 1. The van der Waals surface area contributed by atoms with Crippen LogP contribution in [0.4, 0.5) is 17.1 Å². The van der Waals surface area contributed by atoms with E-state index in [1.807, 2.05) is 67.6 Å². The summed E-state index contributed by atoms with van der Waals surface area (Å²) >= 11 is 0. The van der Waals surface area contributed by atoms with Gasteiger partial charge in [0.05, 0.1) is 16.9 Å². The summed E-state index contributed by atoms with van der Waals surface area (Å²) < 4.78 is 0. The molecule has 0 atom stereocenters. The Bertz CT molecular complexity index is 1200. The van der Waals surface area contributed by atoms with Crippen LogP contribution in [0.3, 0.4) is 0 Å². The van der Waals surface area contributed by atoms with E-state index < -0.39 is 5.91 Å². The van der Waals surface area contributed by atoms with Gasteiger partial charge in [-0.15, -0.1) is 5.11 Å². The fraction of sp³-hybridized carbons (Fsp3) is 0.0417. The van der Waals surface area contributed by atoms with Gasteiger partial charge in [0, 0.05) is 16.5 Å². The molecule has 0 saturated carbocycles. The molecule has 0 heterocycles. The van der Waals surface area contributed by atoms with Crippen LogP contribution in [0, 0.1) is 6.92 Å². The zero-order chi connectivity index (χ0) is 20.2. The molecule has 4 aromatic rings. The van der Waals surface area contributed by atoms with E-state index in [1.165, 1.54) is 0 Å². The van der Waals surface area contributed by atoms with Gasteiger partial charge in [-0.25, -0.2) is 0 Å². The number of aryl methyl sites for hydroxylation is 1. The summed E-state index contributed by atoms with van der Waals surface area (Å²) in [7, 11) is 0. The van der Waals surface area contributed by atoms with Gasteiger partial charge in [-0.3, -0.25) is 4.79 Å². The Hall–Kier alpha value is -3.99. The Balaban J connectivity index is 1.76. The van der Waals surface area contributed by atoms with Crippen molar-refractivity contribution in [3.63, 3.8) is 0 Å². The first-order valence-electron chi connectivity index (χ1n) is 9.21. The van der Waals surface area contributed by atoms with Crippen LogP contribution in [0.2, 0.25) is 0 Å². The Morgan fingerprint density at radius 1 is 0.828 bits per heavy atom. The van der Waals surface area contributed by atoms with Crippen molar-refractivity contribution in [2.24, 2.45) is 10.2 Å². The van der Waals surface area contributed by atoms with Crippen molar-refractivity contribution in [3.05, 3.63) is 96.1 Å². The zero-order valence-electron chi connectivity index (χ0n) is 15.8. The molecular weight excluding hydrogens is 362 g/mol. The Morgan fingerprint density at radius 3 is 2.21 bits per heavy atom. The summed E-state index contributed by atoms with van der Waals surface area (Å²) in [5.41, 5.74) is 3.15. The van der Waals surface area contributed by atoms with Gasteiger partial charge in [0.2, 0.25) is 0 Å². The van der Waals surface area contributed by atoms with Crippen molar-refractivity contribution in [1.29, 1.82) is 0 Å². The van der Waals surface area contributed by atoms with Gasteiger partial charge in [0.1, 0.15) is 5.75 Å². The molecule has 29 heavy (non-hydrogen) atoms. The normalized spacial score (nSPS) is 11.1. The molecule has 0 saturated heterocycles. The SMILES string of the molecule is Cc1ccc(N=Nc2cc(C(=O)Nc3ccccc3)c(O)c3ccccc23)cc1. The number of carbonyl (C=O) groups excluding carboxylic acids is 1. The van der Waals surface area contributed by atoms with Crippen molar-refractivity contribution in [2.45, 2.75) is 6.92 Å². The van der Waals surface area contributed by atoms with Crippen molar-refractivity contribution in [2.75, 3.05) is 5.32 Å². The number of hydrogen-bond donors (Lipinski definition) is 2. The molecule has 0 bridgehead atoms. The van der Waals surface area contributed by atoms with Gasteiger partial charge in [0.15, 0.2) is 0 Å². The Labute approximate surface area is 168 Å². The molecule has 0 aliphatic carbocycles. The molecule has 5 heteroatoms. The number of hydrogen-bond acceptors (Lipinski definition) is 4. The lowest BCUT2D eigenvalue weighted by atomic mass is 10.0. The maximum atomic E-state index is 12.8. The van der Waals surface area contributed by atoms with Crippen LogP contribution in [0.25, 0.3) is 10.8 Å². The third kappa shape index (κ3) is 3.99. The first kappa shape index (κ1) is 18.4. The van der Waals surface area contributed by atoms with Crippen LogP contribution in [0.15, 0.2) is 95.2 Å². The molecule has 0 spiro atoms. The average Bonchev–Trinajstić information content (AvgIpc) is 2.75. The molecule has 0 aromatic heterocycles. The fourth-order valence-corrected chi connectivity index (χ4v) is 3.04. The van der Waals surface area contributed by atoms with Crippen LogP contribution in [-0.2, 0) is 0 Å². The number of aromatic hydroxyl groups is 1. The second kappa shape index (κ2) is 7.94. The second-order valence-corrected chi connectivity index (χ2v) is 6.69. The van der Waals surface area contributed by atoms with E-state index >= 15 is 0 Å². The number of phenolic OH excluding ortho intramolecular Hbond substituents is 1. The van der Waals surface area contributed by atoms with Crippen LogP contribution in [0.1, 0.15) is 15.9 Å². The molecule has 0 radical (unpaired) electrons. The summed E-state index contributed by atoms with van der Waals surface area (Å²) in [5.74, 6) is -0.491. The van der Waals surface area contributed by atoms with Crippen molar-refractivity contribution in [3.8, 4) is 5.75 Å². The number of fused-ring (bicyclic) bond motifs is 1. The number of phenols is 1. The molecule has 0 fully saturated rings. The minimum absolute atomic E-state index is 0.0803. The molecule has 0 unspecified atom stereocenters. The average molecular weight is 381 g/mol. The van der Waals surface area contributed by atoms with E-state index in [2.05, 4.69) is 15.5 Å². The number of benzene rings is 4. The maximum Gasteiger partial charge on any atom is 0.259 e. The molecular formula is C24H19N3O2. The van der Waals surface area contributed by atoms with Gasteiger partial charge >= 0.3 is 0 Å². The van der Waals surface area contributed by atoms with Crippen molar-refractivity contribution in [1.82, 2.24) is 0 Å². The van der Waals surface area contributed by atoms with E-state index in [0.29, 0.717) is 22.4 Å². The number of nitrogens with zero attached hydrogens (tertiary/aromatic N) is 2. The molecule has 4 aromatic carbocycles. The van der Waals surface area contributed by atoms with Gasteiger partial charge in [0.25, 0.3) is 5.91 Å². The lowest BCUT2D eigenvalue weighted by molar-refractivity contribution is 0.102. The first-order valence-corrected chi connectivity index (χ1v) is 9.21. The summed E-state index contributed by atoms with van der Waals surface area (Å²) in [5, 5.41) is 23.4. The topological polar surface area (TPSA) is 74.0 Å². The van der Waals surface area contributed by atoms with E-state index in [4.69, 9.17) is 0 Å². The molecule has 5 nitrogen and oxygen atoms in total. The highest BCUT2D eigenvalue weighted by molar-refractivity contribution is 6.12. The highest BCUT2D eigenvalue weighted by Gasteiger charge is 2.17. The molecule has 142 valence electrons. The van der Waals surface area contributed by atoms with E-state index in [0.717, 1.165) is 10.9 Å². The molecule has 4 rings (SSSR count). The van der Waals surface area contributed by atoms with E-state index in [-0.39, 0.29) is 11.3 Å². The molecule has 1 amide bonds. The number of anilines is 1. The quantitative estimate of drug-likeness (QED) is 0.395. The molecule has 0 aliphatic rings. The third-order valence-electron chi connectivity index (χ3n) is 4.58. The van der Waals surface area contributed by atoms with Crippen LogP contribution < -0.4 is 5.32 Å². The summed E-state index contributed by atoms with van der Waals surface area (Å²) in [4.78, 5) is 12.8. The van der Waals surface area contributed by atoms with Gasteiger partial charge in [-0.2, -0.15) is 5.11 Å². The van der Waals surface area contributed by atoms with Crippen LogP contribution in [0.5, 0.6) is 5.75 Å². The van der Waals surface area contributed by atoms with Crippen molar-refractivity contribution < 1.29 is 9.90 Å². The highest BCUT2D eigenvalue weighted by atomic mass is 16.3. The summed E-state index contributed by atoms with van der Waals surface area (Å²) in [6, 6.07) is 25.6. The smallest absolute Gasteiger partial charge is 0.259 e. The number of rotatable bonds is 4. The van der Waals surface area contributed by atoms with Gasteiger partial charge in [-0.1, -0.05) is 60.2 Å². The van der Waals surface area contributed by atoms with E-state index in [9.17, 15) is 9.90 Å². The summed E-state index contributed by atoms with van der Waals surface area (Å²) in [6.07, 6.45) is 0. The van der Waals surface area contributed by atoms with Crippen LogP contribution >= 0.6 is 0 Å². The highest BCUT2D eigenvalue weighted by Crippen LogP contribution is 2.37. The zero-order valence-corrected chi connectivity index (χ0v) is 15.8. The van der Waals surface area contributed by atoms with E-state index in [1.54, 1.807) is 24.3 Å². The van der Waals surface area contributed by atoms with Crippen molar-refractivity contribution >= 4 is 33.7 Å². The summed E-state index contributed by atoms with van der Waals surface area (Å²) in [6.45, 7) is 2.01. The predicted molar refractivity (Wildman–Crippen MR) is 115 cm³/mol. The predicted octanol–water partition coefficient (Wildman–Crippen LogP) is 6.52.